The molecule has 2 nitrogen and oxygen atoms in total. The molecule has 0 saturated carbocycles. The van der Waals surface area contributed by atoms with Gasteiger partial charge in [-0.1, -0.05) is 0 Å². The highest BCUT2D eigenvalue weighted by Gasteiger charge is 2.16. The molecule has 1 aliphatic heterocycles. The van der Waals surface area contributed by atoms with Gasteiger partial charge in [-0.15, -0.1) is 11.6 Å². The third-order valence-electron chi connectivity index (χ3n) is 2.85. The molecule has 0 radical (unpaired) electrons. The maximum absolute atomic E-state index is 5.73. The van der Waals surface area contributed by atoms with Gasteiger partial charge in [-0.3, -0.25) is 9.80 Å². The van der Waals surface area contributed by atoms with Crippen molar-refractivity contribution in [1.29, 1.82) is 0 Å². The van der Waals surface area contributed by atoms with Gasteiger partial charge in [-0.2, -0.15) is 11.3 Å². The minimum Gasteiger partial charge on any atom is -0.300 e. The van der Waals surface area contributed by atoms with E-state index in [0.717, 1.165) is 32.1 Å². The molecule has 0 unspecified atom stereocenters. The SMILES string of the molecule is ClCCN1CCN(Cc2ccsc2)CC1. The molecule has 0 amide bonds. The number of alkyl halides is 1. The number of piperazine rings is 1. The molecule has 1 aromatic rings. The number of thiophene rings is 1. The van der Waals surface area contributed by atoms with Crippen LogP contribution in [0.3, 0.4) is 0 Å². The van der Waals surface area contributed by atoms with E-state index in [0.29, 0.717) is 0 Å². The second kappa shape index (κ2) is 5.85. The fourth-order valence-corrected chi connectivity index (χ4v) is 2.83. The van der Waals surface area contributed by atoms with Crippen molar-refractivity contribution in [2.75, 3.05) is 38.6 Å². The molecule has 1 fully saturated rings. The quantitative estimate of drug-likeness (QED) is 0.749. The predicted octanol–water partition coefficient (Wildman–Crippen LogP) is 2.10. The average molecular weight is 245 g/mol. The Morgan fingerprint density at radius 1 is 1.20 bits per heavy atom. The first-order valence-corrected chi connectivity index (χ1v) is 6.88. The molecular weight excluding hydrogens is 228 g/mol. The molecule has 84 valence electrons. The first-order chi connectivity index (χ1) is 7.38. The van der Waals surface area contributed by atoms with E-state index in [1.807, 2.05) is 0 Å². The molecule has 0 spiro atoms. The summed E-state index contributed by atoms with van der Waals surface area (Å²) in [5.74, 6) is 0.754. The fraction of sp³-hybridized carbons (Fsp3) is 0.636. The molecule has 1 saturated heterocycles. The molecule has 0 aromatic carbocycles. The van der Waals surface area contributed by atoms with Crippen LogP contribution in [0.2, 0.25) is 0 Å². The molecule has 15 heavy (non-hydrogen) atoms. The molecule has 0 N–H and O–H groups in total. The van der Waals surface area contributed by atoms with E-state index >= 15 is 0 Å². The van der Waals surface area contributed by atoms with Gasteiger partial charge in [0.1, 0.15) is 0 Å². The second-order valence-corrected chi connectivity index (χ2v) is 5.10. The summed E-state index contributed by atoms with van der Waals surface area (Å²) in [5.41, 5.74) is 1.45. The zero-order chi connectivity index (χ0) is 10.5. The Morgan fingerprint density at radius 3 is 2.53 bits per heavy atom. The lowest BCUT2D eigenvalue weighted by Gasteiger charge is -2.34. The number of hydrogen-bond acceptors (Lipinski definition) is 3. The van der Waals surface area contributed by atoms with Crippen molar-refractivity contribution in [3.8, 4) is 0 Å². The number of nitrogens with zero attached hydrogens (tertiary/aromatic N) is 2. The molecule has 2 rings (SSSR count). The van der Waals surface area contributed by atoms with Gasteiger partial charge in [0.05, 0.1) is 0 Å². The van der Waals surface area contributed by atoms with Gasteiger partial charge in [-0.05, 0) is 22.4 Å². The van der Waals surface area contributed by atoms with Crippen molar-refractivity contribution in [2.24, 2.45) is 0 Å². The van der Waals surface area contributed by atoms with E-state index in [2.05, 4.69) is 26.6 Å². The fourth-order valence-electron chi connectivity index (χ4n) is 1.93. The lowest BCUT2D eigenvalue weighted by Crippen LogP contribution is -2.46. The Kier molecular flexibility index (Phi) is 4.44. The zero-order valence-electron chi connectivity index (χ0n) is 8.86. The van der Waals surface area contributed by atoms with Gasteiger partial charge in [0, 0.05) is 45.1 Å². The third-order valence-corrected chi connectivity index (χ3v) is 3.75. The highest BCUT2D eigenvalue weighted by atomic mass is 35.5. The van der Waals surface area contributed by atoms with Gasteiger partial charge in [0.15, 0.2) is 0 Å². The van der Waals surface area contributed by atoms with E-state index in [9.17, 15) is 0 Å². The summed E-state index contributed by atoms with van der Waals surface area (Å²) in [4.78, 5) is 4.96. The van der Waals surface area contributed by atoms with Crippen LogP contribution in [0.25, 0.3) is 0 Å². The monoisotopic (exact) mass is 244 g/mol. The van der Waals surface area contributed by atoms with Crippen molar-refractivity contribution in [3.05, 3.63) is 22.4 Å². The lowest BCUT2D eigenvalue weighted by molar-refractivity contribution is 0.132. The summed E-state index contributed by atoms with van der Waals surface area (Å²) in [6, 6.07) is 2.22. The minimum atomic E-state index is 0.754. The molecule has 4 heteroatoms. The highest BCUT2D eigenvalue weighted by Crippen LogP contribution is 2.11. The topological polar surface area (TPSA) is 6.48 Å². The largest absolute Gasteiger partial charge is 0.300 e. The molecule has 0 bridgehead atoms. The van der Waals surface area contributed by atoms with E-state index in [-0.39, 0.29) is 0 Å². The van der Waals surface area contributed by atoms with Crippen molar-refractivity contribution >= 4 is 22.9 Å². The summed E-state index contributed by atoms with van der Waals surface area (Å²) in [6.45, 7) is 6.82. The van der Waals surface area contributed by atoms with Gasteiger partial charge >= 0.3 is 0 Å². The van der Waals surface area contributed by atoms with Gasteiger partial charge in [0.2, 0.25) is 0 Å². The Labute approximate surface area is 100 Å². The van der Waals surface area contributed by atoms with Crippen LogP contribution >= 0.6 is 22.9 Å². The number of rotatable bonds is 4. The lowest BCUT2D eigenvalue weighted by atomic mass is 10.2. The number of halogens is 1. The van der Waals surface area contributed by atoms with E-state index in [4.69, 9.17) is 11.6 Å². The van der Waals surface area contributed by atoms with E-state index in [1.165, 1.54) is 18.7 Å². The molecule has 1 aliphatic rings. The van der Waals surface area contributed by atoms with Crippen LogP contribution in [-0.2, 0) is 6.54 Å². The van der Waals surface area contributed by atoms with Crippen molar-refractivity contribution in [2.45, 2.75) is 6.54 Å². The highest BCUT2D eigenvalue weighted by molar-refractivity contribution is 7.07. The summed E-state index contributed by atoms with van der Waals surface area (Å²) < 4.78 is 0. The average Bonchev–Trinajstić information content (AvgIpc) is 2.74. The Morgan fingerprint density at radius 2 is 1.93 bits per heavy atom. The maximum atomic E-state index is 5.73. The third kappa shape index (κ3) is 3.45. The first-order valence-electron chi connectivity index (χ1n) is 5.40. The maximum Gasteiger partial charge on any atom is 0.0351 e. The normalized spacial score (nSPS) is 19.5. The summed E-state index contributed by atoms with van der Waals surface area (Å²) in [6.07, 6.45) is 0. The molecule has 2 heterocycles. The molecule has 0 aliphatic carbocycles. The standard InChI is InChI=1S/C11H17ClN2S/c12-2-3-13-4-6-14(7-5-13)9-11-1-8-15-10-11/h1,8,10H,2-7,9H2. The van der Waals surface area contributed by atoms with Crippen LogP contribution in [0, 0.1) is 0 Å². The zero-order valence-corrected chi connectivity index (χ0v) is 10.4. The van der Waals surface area contributed by atoms with Gasteiger partial charge < -0.3 is 0 Å². The summed E-state index contributed by atoms with van der Waals surface area (Å²) >= 11 is 7.51. The Bertz CT molecular complexity index is 268. The van der Waals surface area contributed by atoms with Crippen molar-refractivity contribution in [3.63, 3.8) is 0 Å². The van der Waals surface area contributed by atoms with Crippen molar-refractivity contribution in [1.82, 2.24) is 9.80 Å². The Hall–Kier alpha value is -0.0900. The van der Waals surface area contributed by atoms with Gasteiger partial charge in [0.25, 0.3) is 0 Å². The van der Waals surface area contributed by atoms with Crippen LogP contribution in [0.5, 0.6) is 0 Å². The molecule has 0 atom stereocenters. The van der Waals surface area contributed by atoms with Crippen molar-refractivity contribution < 1.29 is 0 Å². The van der Waals surface area contributed by atoms with Crippen LogP contribution < -0.4 is 0 Å². The Balaban J connectivity index is 1.74. The predicted molar refractivity (Wildman–Crippen MR) is 66.8 cm³/mol. The second-order valence-electron chi connectivity index (χ2n) is 3.94. The first kappa shape index (κ1) is 11.4. The van der Waals surface area contributed by atoms with Crippen LogP contribution in [0.1, 0.15) is 5.56 Å². The van der Waals surface area contributed by atoms with E-state index < -0.39 is 0 Å². The molecule has 1 aromatic heterocycles. The summed E-state index contributed by atoms with van der Waals surface area (Å²) in [5, 5.41) is 4.39. The van der Waals surface area contributed by atoms with E-state index in [1.54, 1.807) is 11.3 Å². The number of hydrogen-bond donors (Lipinski definition) is 0. The van der Waals surface area contributed by atoms with Gasteiger partial charge in [-0.25, -0.2) is 0 Å². The molecular formula is C11H17ClN2S. The summed E-state index contributed by atoms with van der Waals surface area (Å²) in [7, 11) is 0. The smallest absolute Gasteiger partial charge is 0.0351 e. The van der Waals surface area contributed by atoms with Crippen LogP contribution in [0.15, 0.2) is 16.8 Å². The minimum absolute atomic E-state index is 0.754. The van der Waals surface area contributed by atoms with Crippen LogP contribution in [0.4, 0.5) is 0 Å². The van der Waals surface area contributed by atoms with Crippen LogP contribution in [-0.4, -0.2) is 48.4 Å².